The maximum absolute atomic E-state index is 12.7. The van der Waals surface area contributed by atoms with Crippen LogP contribution in [-0.2, 0) is 19.2 Å². The van der Waals surface area contributed by atoms with Crippen LogP contribution in [0, 0.1) is 11.8 Å². The van der Waals surface area contributed by atoms with Crippen molar-refractivity contribution in [1.29, 1.82) is 0 Å². The van der Waals surface area contributed by atoms with Crippen LogP contribution < -0.4 is 0 Å². The van der Waals surface area contributed by atoms with Crippen LogP contribution in [0.5, 0.6) is 0 Å². The van der Waals surface area contributed by atoms with Crippen LogP contribution in [0.25, 0.3) is 0 Å². The fourth-order valence-electron chi connectivity index (χ4n) is 4.63. The summed E-state index contributed by atoms with van der Waals surface area (Å²) in [5, 5.41) is 18.5. The second-order valence-corrected chi connectivity index (χ2v) is 7.60. The number of likely N-dealkylation sites (tertiary alicyclic amines) is 2. The highest BCUT2D eigenvalue weighted by molar-refractivity contribution is 5.87. The Morgan fingerprint density at radius 1 is 0.615 bits per heavy atom. The van der Waals surface area contributed by atoms with Gasteiger partial charge in [-0.05, 0) is 51.4 Å². The summed E-state index contributed by atoms with van der Waals surface area (Å²) >= 11 is 0. The Labute approximate surface area is 152 Å². The van der Waals surface area contributed by atoms with Crippen molar-refractivity contribution >= 4 is 23.8 Å². The fraction of sp³-hybridized carbons (Fsp3) is 0.778. The molecule has 0 aromatic carbocycles. The van der Waals surface area contributed by atoms with Crippen molar-refractivity contribution in [1.82, 2.24) is 9.80 Å². The highest BCUT2D eigenvalue weighted by Gasteiger charge is 2.41. The average Bonchev–Trinajstić information content (AvgIpc) is 3.29. The van der Waals surface area contributed by atoms with Gasteiger partial charge < -0.3 is 20.0 Å². The quantitative estimate of drug-likeness (QED) is 0.765. The van der Waals surface area contributed by atoms with Gasteiger partial charge in [0.2, 0.25) is 11.8 Å². The summed E-state index contributed by atoms with van der Waals surface area (Å²) in [4.78, 5) is 50.9. The van der Waals surface area contributed by atoms with E-state index in [-0.39, 0.29) is 23.7 Å². The van der Waals surface area contributed by atoms with Gasteiger partial charge in [0.05, 0.1) is 0 Å². The Hall–Kier alpha value is -2.12. The van der Waals surface area contributed by atoms with E-state index in [2.05, 4.69) is 0 Å². The highest BCUT2D eigenvalue weighted by Crippen LogP contribution is 2.34. The lowest BCUT2D eigenvalue weighted by Gasteiger charge is -2.33. The summed E-state index contributed by atoms with van der Waals surface area (Å²) in [7, 11) is 0. The van der Waals surface area contributed by atoms with Crippen LogP contribution >= 0.6 is 0 Å². The normalized spacial score (nSPS) is 31.8. The number of rotatable bonds is 4. The second-order valence-electron chi connectivity index (χ2n) is 7.60. The molecule has 2 atom stereocenters. The van der Waals surface area contributed by atoms with E-state index in [4.69, 9.17) is 0 Å². The maximum Gasteiger partial charge on any atom is 0.326 e. The van der Waals surface area contributed by atoms with E-state index in [1.807, 2.05) is 0 Å². The zero-order valence-electron chi connectivity index (χ0n) is 14.8. The van der Waals surface area contributed by atoms with E-state index >= 15 is 0 Å². The van der Waals surface area contributed by atoms with Crippen LogP contribution in [0.15, 0.2) is 0 Å². The molecule has 2 heterocycles. The third-order valence-electron chi connectivity index (χ3n) is 6.07. The van der Waals surface area contributed by atoms with E-state index in [0.29, 0.717) is 64.5 Å². The van der Waals surface area contributed by atoms with Gasteiger partial charge in [0, 0.05) is 24.9 Å². The van der Waals surface area contributed by atoms with Crippen LogP contribution in [0.1, 0.15) is 51.4 Å². The molecular weight excluding hydrogens is 340 g/mol. The number of hydrogen-bond acceptors (Lipinski definition) is 4. The van der Waals surface area contributed by atoms with Gasteiger partial charge >= 0.3 is 11.9 Å². The molecule has 2 N–H and O–H groups in total. The van der Waals surface area contributed by atoms with Crippen LogP contribution in [-0.4, -0.2) is 68.9 Å². The van der Waals surface area contributed by atoms with Crippen LogP contribution in [0.3, 0.4) is 0 Å². The predicted molar refractivity (Wildman–Crippen MR) is 90.2 cm³/mol. The van der Waals surface area contributed by atoms with Crippen molar-refractivity contribution < 1.29 is 29.4 Å². The Morgan fingerprint density at radius 3 is 1.27 bits per heavy atom. The molecule has 8 nitrogen and oxygen atoms in total. The maximum atomic E-state index is 12.7. The van der Waals surface area contributed by atoms with E-state index in [1.54, 1.807) is 0 Å². The molecular formula is C18H26N2O6. The molecule has 3 fully saturated rings. The van der Waals surface area contributed by atoms with Crippen molar-refractivity contribution in [2.24, 2.45) is 11.8 Å². The van der Waals surface area contributed by atoms with E-state index < -0.39 is 24.0 Å². The number of carboxylic acid groups (broad SMARTS) is 2. The highest BCUT2D eigenvalue weighted by atomic mass is 16.4. The van der Waals surface area contributed by atoms with Crippen molar-refractivity contribution in [3.8, 4) is 0 Å². The molecule has 8 heteroatoms. The van der Waals surface area contributed by atoms with Gasteiger partial charge in [-0.2, -0.15) is 0 Å². The zero-order valence-corrected chi connectivity index (χ0v) is 14.8. The molecule has 0 aromatic heterocycles. The largest absolute Gasteiger partial charge is 0.480 e. The summed E-state index contributed by atoms with van der Waals surface area (Å²) in [6.45, 7) is 0.978. The van der Waals surface area contributed by atoms with Crippen molar-refractivity contribution in [3.05, 3.63) is 0 Å². The fourth-order valence-corrected chi connectivity index (χ4v) is 4.63. The first-order chi connectivity index (χ1) is 12.4. The first-order valence-electron chi connectivity index (χ1n) is 9.46. The number of carboxylic acids is 2. The SMILES string of the molecule is O=C(O)[C@H]1CCCN1C(=O)[C@H]1CC[C@@H](C(=O)N2CCC[C@@H]2C(=O)O)CC1. The smallest absolute Gasteiger partial charge is 0.326 e. The molecule has 144 valence electrons. The number of amides is 2. The van der Waals surface area contributed by atoms with E-state index in [0.717, 1.165) is 0 Å². The van der Waals surface area contributed by atoms with Gasteiger partial charge in [0.15, 0.2) is 0 Å². The summed E-state index contributed by atoms with van der Waals surface area (Å²) in [6.07, 6.45) is 4.66. The van der Waals surface area contributed by atoms with Crippen molar-refractivity contribution in [2.75, 3.05) is 13.1 Å². The lowest BCUT2D eigenvalue weighted by atomic mass is 9.80. The average molecular weight is 366 g/mol. The minimum Gasteiger partial charge on any atom is -0.480 e. The summed E-state index contributed by atoms with van der Waals surface area (Å²) in [6, 6.07) is -1.44. The molecule has 2 aliphatic heterocycles. The Kier molecular flexibility index (Phi) is 5.48. The molecule has 0 radical (unpaired) electrons. The molecule has 26 heavy (non-hydrogen) atoms. The number of carbonyl (C=O) groups is 4. The molecule has 3 rings (SSSR count). The summed E-state index contributed by atoms with van der Waals surface area (Å²) < 4.78 is 0. The number of hydrogen-bond donors (Lipinski definition) is 2. The van der Waals surface area contributed by atoms with Gasteiger partial charge in [-0.1, -0.05) is 0 Å². The first kappa shape index (κ1) is 18.7. The van der Waals surface area contributed by atoms with Gasteiger partial charge in [0.25, 0.3) is 0 Å². The first-order valence-corrected chi connectivity index (χ1v) is 9.46. The molecule has 1 aliphatic carbocycles. The van der Waals surface area contributed by atoms with Gasteiger partial charge in [-0.3, -0.25) is 9.59 Å². The Balaban J connectivity index is 1.55. The third-order valence-corrected chi connectivity index (χ3v) is 6.07. The van der Waals surface area contributed by atoms with E-state index in [9.17, 15) is 29.4 Å². The predicted octanol–water partition coefficient (Wildman–Crippen LogP) is 0.944. The topological polar surface area (TPSA) is 115 Å². The molecule has 3 aliphatic rings. The van der Waals surface area contributed by atoms with E-state index in [1.165, 1.54) is 9.80 Å². The lowest BCUT2D eigenvalue weighted by Crippen LogP contribution is -2.46. The van der Waals surface area contributed by atoms with Crippen molar-refractivity contribution in [3.63, 3.8) is 0 Å². The lowest BCUT2D eigenvalue weighted by molar-refractivity contribution is -0.152. The number of carbonyl (C=O) groups excluding carboxylic acids is 2. The summed E-state index contributed by atoms with van der Waals surface area (Å²) in [5.41, 5.74) is 0. The third kappa shape index (κ3) is 3.54. The number of nitrogens with zero attached hydrogens (tertiary/aromatic N) is 2. The molecule has 1 saturated carbocycles. The molecule has 2 amide bonds. The van der Waals surface area contributed by atoms with Crippen LogP contribution in [0.4, 0.5) is 0 Å². The standard InChI is InChI=1S/C18H26N2O6/c21-15(19-9-1-3-13(19)17(23)24)11-5-7-12(8-6-11)16(22)20-10-2-4-14(20)18(25)26/h11-14H,1-10H2,(H,23,24)(H,25,26)/t11-,12+,13-,14-/m1/s1. The monoisotopic (exact) mass is 366 g/mol. The Morgan fingerprint density at radius 2 is 0.962 bits per heavy atom. The number of aliphatic carboxylic acids is 2. The summed E-state index contributed by atoms with van der Waals surface area (Å²) in [5.74, 6) is -2.57. The van der Waals surface area contributed by atoms with Gasteiger partial charge in [-0.25, -0.2) is 9.59 Å². The minimum atomic E-state index is -0.951. The zero-order chi connectivity index (χ0) is 18.8. The molecule has 0 unspecified atom stereocenters. The van der Waals surface area contributed by atoms with Gasteiger partial charge in [-0.15, -0.1) is 0 Å². The van der Waals surface area contributed by atoms with Gasteiger partial charge in [0.1, 0.15) is 12.1 Å². The van der Waals surface area contributed by atoms with Crippen LogP contribution in [0.2, 0.25) is 0 Å². The molecule has 0 aromatic rings. The molecule has 2 saturated heterocycles. The minimum absolute atomic E-state index is 0.106. The molecule has 0 spiro atoms. The Bertz CT molecular complexity index is 546. The second kappa shape index (κ2) is 7.63. The van der Waals surface area contributed by atoms with Crippen molar-refractivity contribution in [2.45, 2.75) is 63.5 Å². The molecule has 0 bridgehead atoms.